The number of anilines is 1. The Bertz CT molecular complexity index is 696. The van der Waals surface area contributed by atoms with Gasteiger partial charge in [-0.15, -0.1) is 11.3 Å². The third kappa shape index (κ3) is 3.20. The van der Waals surface area contributed by atoms with Crippen LogP contribution in [0, 0.1) is 0 Å². The zero-order valence-electron chi connectivity index (χ0n) is 14.0. The van der Waals surface area contributed by atoms with E-state index in [0.29, 0.717) is 6.04 Å². The molecular weight excluding hydrogens is 306 g/mol. The van der Waals surface area contributed by atoms with E-state index in [1.807, 2.05) is 25.2 Å². The van der Waals surface area contributed by atoms with E-state index >= 15 is 0 Å². The molecule has 0 saturated heterocycles. The van der Waals surface area contributed by atoms with Gasteiger partial charge in [-0.1, -0.05) is 13.0 Å². The molecule has 23 heavy (non-hydrogen) atoms. The average Bonchev–Trinajstić information content (AvgIpc) is 3.07. The molecule has 2 heterocycles. The molecule has 0 spiro atoms. The molecule has 0 saturated carbocycles. The van der Waals surface area contributed by atoms with Gasteiger partial charge in [0.25, 0.3) is 0 Å². The Morgan fingerprint density at radius 2 is 2.22 bits per heavy atom. The number of benzene rings is 1. The lowest BCUT2D eigenvalue weighted by Crippen LogP contribution is -2.35. The smallest absolute Gasteiger partial charge is 0.119 e. The van der Waals surface area contributed by atoms with Crippen molar-refractivity contribution in [2.75, 3.05) is 26.5 Å². The summed E-state index contributed by atoms with van der Waals surface area (Å²) in [6, 6.07) is 10.8. The molecule has 2 aromatic rings. The zero-order chi connectivity index (χ0) is 16.4. The van der Waals surface area contributed by atoms with Crippen molar-refractivity contribution in [3.63, 3.8) is 0 Å². The summed E-state index contributed by atoms with van der Waals surface area (Å²) in [6.45, 7) is 2.25. The van der Waals surface area contributed by atoms with E-state index in [4.69, 9.17) is 4.74 Å². The molecule has 1 aromatic heterocycles. The number of ether oxygens (including phenoxy) is 1. The van der Waals surface area contributed by atoms with Crippen LogP contribution in [-0.2, 0) is 5.41 Å². The number of rotatable bonds is 4. The summed E-state index contributed by atoms with van der Waals surface area (Å²) >= 11 is 1.79. The minimum Gasteiger partial charge on any atom is -0.497 e. The normalized spacial score (nSPS) is 23.4. The number of methoxy groups -OCH3 is 1. The van der Waals surface area contributed by atoms with Gasteiger partial charge >= 0.3 is 0 Å². The third-order valence-corrected chi connectivity index (χ3v) is 5.25. The molecule has 1 aliphatic rings. The highest BCUT2D eigenvalue weighted by molar-refractivity contribution is 7.10. The molecule has 0 radical (unpaired) electrons. The molecule has 1 N–H and O–H groups in total. The summed E-state index contributed by atoms with van der Waals surface area (Å²) in [4.78, 5) is 1.36. The Morgan fingerprint density at radius 1 is 1.39 bits per heavy atom. The number of hydrogen-bond acceptors (Lipinski definition) is 5. The van der Waals surface area contributed by atoms with Gasteiger partial charge in [0.15, 0.2) is 0 Å². The van der Waals surface area contributed by atoms with Gasteiger partial charge in [0.1, 0.15) is 5.75 Å². The van der Waals surface area contributed by atoms with E-state index in [-0.39, 0.29) is 5.41 Å². The summed E-state index contributed by atoms with van der Waals surface area (Å²) < 4.78 is 5.42. The van der Waals surface area contributed by atoms with E-state index in [1.54, 1.807) is 18.4 Å². The molecule has 1 aromatic carbocycles. The lowest BCUT2D eigenvalue weighted by atomic mass is 9.74. The second-order valence-electron chi connectivity index (χ2n) is 6.34. The summed E-state index contributed by atoms with van der Waals surface area (Å²) in [5, 5.41) is 12.2. The number of nitrogens with one attached hydrogen (secondary N) is 1. The van der Waals surface area contributed by atoms with Crippen LogP contribution in [0.15, 0.2) is 40.8 Å². The lowest BCUT2D eigenvalue weighted by molar-refractivity contribution is 0.410. The Morgan fingerprint density at radius 3 is 2.87 bits per heavy atom. The van der Waals surface area contributed by atoms with Gasteiger partial charge in [-0.05, 0) is 41.6 Å². The standard InChI is InChI=1S/C18H23N3OS/c1-18(12-19-21(2)3)11-16(17-6-5-9-23-17)20-15-8-7-13(22-4)10-14(15)18/h5-10,12,16,20H,11H2,1-4H3/b19-12+/t16-,18+/m1/s1. The molecule has 5 heteroatoms. The molecule has 0 bridgehead atoms. The van der Waals surface area contributed by atoms with Gasteiger partial charge in [-0.3, -0.25) is 0 Å². The zero-order valence-corrected chi connectivity index (χ0v) is 14.9. The number of hydrazone groups is 1. The highest BCUT2D eigenvalue weighted by Gasteiger charge is 2.37. The van der Waals surface area contributed by atoms with Crippen LogP contribution < -0.4 is 10.1 Å². The first kappa shape index (κ1) is 15.9. The van der Waals surface area contributed by atoms with Gasteiger partial charge in [0, 0.05) is 36.3 Å². The maximum Gasteiger partial charge on any atom is 0.119 e. The minimum atomic E-state index is -0.145. The fourth-order valence-corrected chi connectivity index (χ4v) is 3.83. The molecule has 122 valence electrons. The molecule has 0 aliphatic carbocycles. The third-order valence-electron chi connectivity index (χ3n) is 4.26. The van der Waals surface area contributed by atoms with Crippen molar-refractivity contribution in [1.82, 2.24) is 5.01 Å². The quantitative estimate of drug-likeness (QED) is 0.677. The predicted octanol–water partition coefficient (Wildman–Crippen LogP) is 4.12. The molecule has 1 aliphatic heterocycles. The lowest BCUT2D eigenvalue weighted by Gasteiger charge is -2.38. The van der Waals surface area contributed by atoms with Crippen molar-refractivity contribution in [1.29, 1.82) is 0 Å². The Hall–Kier alpha value is -2.01. The predicted molar refractivity (Wildman–Crippen MR) is 97.8 cm³/mol. The van der Waals surface area contributed by atoms with Crippen molar-refractivity contribution in [2.45, 2.75) is 24.8 Å². The van der Waals surface area contributed by atoms with Crippen molar-refractivity contribution in [2.24, 2.45) is 5.10 Å². The van der Waals surface area contributed by atoms with Gasteiger partial charge in [0.2, 0.25) is 0 Å². The minimum absolute atomic E-state index is 0.145. The summed E-state index contributed by atoms with van der Waals surface area (Å²) in [6.07, 6.45) is 3.03. The average molecular weight is 329 g/mol. The number of thiophene rings is 1. The number of fused-ring (bicyclic) bond motifs is 1. The van der Waals surface area contributed by atoms with E-state index in [9.17, 15) is 0 Å². The van der Waals surface area contributed by atoms with Crippen molar-refractivity contribution < 1.29 is 4.74 Å². The van der Waals surface area contributed by atoms with Crippen LogP contribution in [0.5, 0.6) is 5.75 Å². The van der Waals surface area contributed by atoms with Gasteiger partial charge in [-0.2, -0.15) is 5.10 Å². The Balaban J connectivity index is 2.05. The molecule has 3 rings (SSSR count). The van der Waals surface area contributed by atoms with Gasteiger partial charge in [0.05, 0.1) is 13.2 Å². The van der Waals surface area contributed by atoms with Crippen LogP contribution in [0.25, 0.3) is 0 Å². The van der Waals surface area contributed by atoms with E-state index in [0.717, 1.165) is 17.9 Å². The molecular formula is C18H23N3OS. The topological polar surface area (TPSA) is 36.9 Å². The monoisotopic (exact) mass is 329 g/mol. The van der Waals surface area contributed by atoms with E-state index in [2.05, 4.69) is 53.2 Å². The van der Waals surface area contributed by atoms with Crippen molar-refractivity contribution >= 4 is 23.2 Å². The molecule has 4 nitrogen and oxygen atoms in total. The molecule has 0 unspecified atom stereocenters. The first-order chi connectivity index (χ1) is 11.0. The summed E-state index contributed by atoms with van der Waals surface area (Å²) in [5.74, 6) is 0.879. The maximum absolute atomic E-state index is 5.42. The number of hydrogen-bond donors (Lipinski definition) is 1. The van der Waals surface area contributed by atoms with Crippen LogP contribution in [0.3, 0.4) is 0 Å². The van der Waals surface area contributed by atoms with Crippen LogP contribution in [0.1, 0.15) is 29.8 Å². The van der Waals surface area contributed by atoms with Crippen LogP contribution >= 0.6 is 11.3 Å². The van der Waals surface area contributed by atoms with E-state index in [1.165, 1.54) is 10.4 Å². The second kappa shape index (κ2) is 6.24. The first-order valence-electron chi connectivity index (χ1n) is 7.73. The first-order valence-corrected chi connectivity index (χ1v) is 8.61. The summed E-state index contributed by atoms with van der Waals surface area (Å²) in [5.41, 5.74) is 2.24. The summed E-state index contributed by atoms with van der Waals surface area (Å²) in [7, 11) is 5.60. The second-order valence-corrected chi connectivity index (χ2v) is 7.32. The van der Waals surface area contributed by atoms with Crippen molar-refractivity contribution in [3.05, 3.63) is 46.2 Å². The van der Waals surface area contributed by atoms with Gasteiger partial charge < -0.3 is 15.1 Å². The highest BCUT2D eigenvalue weighted by Crippen LogP contribution is 2.45. The van der Waals surface area contributed by atoms with Crippen LogP contribution in [0.4, 0.5) is 5.69 Å². The Labute approximate surface area is 141 Å². The van der Waals surface area contributed by atoms with E-state index < -0.39 is 0 Å². The maximum atomic E-state index is 5.42. The molecule has 2 atom stereocenters. The van der Waals surface area contributed by atoms with Crippen LogP contribution in [-0.4, -0.2) is 32.4 Å². The molecule has 0 amide bonds. The molecule has 0 fully saturated rings. The fraction of sp³-hybridized carbons (Fsp3) is 0.389. The largest absolute Gasteiger partial charge is 0.497 e. The van der Waals surface area contributed by atoms with Crippen molar-refractivity contribution in [3.8, 4) is 5.75 Å². The van der Waals surface area contributed by atoms with Crippen LogP contribution in [0.2, 0.25) is 0 Å². The fourth-order valence-electron chi connectivity index (χ4n) is 3.05. The Kier molecular flexibility index (Phi) is 4.31. The highest BCUT2D eigenvalue weighted by atomic mass is 32.1. The number of nitrogens with zero attached hydrogens (tertiary/aromatic N) is 2. The van der Waals surface area contributed by atoms with Gasteiger partial charge in [-0.25, -0.2) is 0 Å². The SMILES string of the molecule is COc1ccc2c(c1)[C@](C)(/C=N/N(C)C)C[C@H](c1cccs1)N2.